The molecule has 1 aliphatic heterocycles. The lowest BCUT2D eigenvalue weighted by Crippen LogP contribution is -2.41. The van der Waals surface area contributed by atoms with Crippen LogP contribution in [0.3, 0.4) is 0 Å². The van der Waals surface area contributed by atoms with Crippen molar-refractivity contribution >= 4 is 11.9 Å². The Hall–Kier alpha value is -2.83. The maximum atomic E-state index is 12.3. The summed E-state index contributed by atoms with van der Waals surface area (Å²) < 4.78 is 2.06. The van der Waals surface area contributed by atoms with Gasteiger partial charge in [-0.2, -0.15) is 0 Å². The molecule has 2 heterocycles. The molecule has 0 bridgehead atoms. The van der Waals surface area contributed by atoms with Gasteiger partial charge in [-0.15, -0.1) is 0 Å². The number of urea groups is 1. The van der Waals surface area contributed by atoms with Crippen LogP contribution < -0.4 is 10.6 Å². The van der Waals surface area contributed by atoms with E-state index in [2.05, 4.69) is 32.3 Å². The van der Waals surface area contributed by atoms with Crippen molar-refractivity contribution in [2.24, 2.45) is 0 Å². The number of carbonyl (C=O) groups is 2. The van der Waals surface area contributed by atoms with Crippen molar-refractivity contribution in [2.45, 2.75) is 25.9 Å². The summed E-state index contributed by atoms with van der Waals surface area (Å²) in [6.45, 7) is 2.66. The van der Waals surface area contributed by atoms with E-state index < -0.39 is 0 Å². The lowest BCUT2D eigenvalue weighted by atomic mass is 10.1. The van der Waals surface area contributed by atoms with Gasteiger partial charge >= 0.3 is 6.03 Å². The number of nitrogens with one attached hydrogen (secondary N) is 2. The number of rotatable bonds is 5. The van der Waals surface area contributed by atoms with Crippen LogP contribution in [-0.4, -0.2) is 46.0 Å². The zero-order valence-electron chi connectivity index (χ0n) is 14.1. The molecule has 0 unspecified atom stereocenters. The molecule has 3 rings (SSSR count). The summed E-state index contributed by atoms with van der Waals surface area (Å²) in [7, 11) is 0. The molecule has 25 heavy (non-hydrogen) atoms. The highest BCUT2D eigenvalue weighted by atomic mass is 16.2. The van der Waals surface area contributed by atoms with E-state index in [-0.39, 0.29) is 11.9 Å². The number of amides is 3. The number of imidazole rings is 1. The normalized spacial score (nSPS) is 14.7. The molecule has 1 aromatic heterocycles. The first kappa shape index (κ1) is 17.0. The van der Waals surface area contributed by atoms with E-state index in [4.69, 9.17) is 0 Å². The smallest absolute Gasteiger partial charge is 0.317 e. The summed E-state index contributed by atoms with van der Waals surface area (Å²) in [4.78, 5) is 29.6. The molecule has 1 fully saturated rings. The van der Waals surface area contributed by atoms with Crippen LogP contribution in [0, 0.1) is 0 Å². The fourth-order valence-corrected chi connectivity index (χ4v) is 2.84. The van der Waals surface area contributed by atoms with E-state index in [1.807, 2.05) is 24.4 Å². The predicted molar refractivity (Wildman–Crippen MR) is 93.8 cm³/mol. The van der Waals surface area contributed by atoms with Crippen molar-refractivity contribution < 1.29 is 9.59 Å². The summed E-state index contributed by atoms with van der Waals surface area (Å²) in [5, 5.41) is 5.66. The van der Waals surface area contributed by atoms with Crippen LogP contribution in [-0.2, 0) is 24.3 Å². The molecule has 1 saturated heterocycles. The Morgan fingerprint density at radius 2 is 2.08 bits per heavy atom. The highest BCUT2D eigenvalue weighted by Crippen LogP contribution is 2.05. The van der Waals surface area contributed by atoms with Gasteiger partial charge in [-0.3, -0.25) is 4.79 Å². The first-order chi connectivity index (χ1) is 12.2. The van der Waals surface area contributed by atoms with Gasteiger partial charge in [-0.1, -0.05) is 30.3 Å². The molecule has 0 atom stereocenters. The Kier molecular flexibility index (Phi) is 5.66. The Labute approximate surface area is 147 Å². The average molecular weight is 341 g/mol. The van der Waals surface area contributed by atoms with Gasteiger partial charge in [0.15, 0.2) is 0 Å². The maximum absolute atomic E-state index is 12.3. The van der Waals surface area contributed by atoms with Crippen molar-refractivity contribution in [2.75, 3.05) is 19.6 Å². The number of hydrogen-bond acceptors (Lipinski definition) is 3. The average Bonchev–Trinajstić information content (AvgIpc) is 2.97. The van der Waals surface area contributed by atoms with Crippen molar-refractivity contribution in [3.63, 3.8) is 0 Å². The van der Waals surface area contributed by atoms with Crippen LogP contribution in [0.2, 0.25) is 0 Å². The zero-order chi connectivity index (χ0) is 17.5. The van der Waals surface area contributed by atoms with Gasteiger partial charge in [-0.25, -0.2) is 9.78 Å². The predicted octanol–water partition coefficient (Wildman–Crippen LogP) is 1.16. The van der Waals surface area contributed by atoms with Gasteiger partial charge in [0.1, 0.15) is 5.82 Å². The number of hydrogen-bond donors (Lipinski definition) is 2. The zero-order valence-corrected chi connectivity index (χ0v) is 14.1. The van der Waals surface area contributed by atoms with Crippen molar-refractivity contribution in [1.29, 1.82) is 0 Å². The first-order valence-electron chi connectivity index (χ1n) is 8.56. The molecule has 1 aliphatic rings. The fourth-order valence-electron chi connectivity index (χ4n) is 2.84. The Morgan fingerprint density at radius 1 is 1.24 bits per heavy atom. The third-order valence-corrected chi connectivity index (χ3v) is 4.28. The van der Waals surface area contributed by atoms with Gasteiger partial charge in [0.2, 0.25) is 5.91 Å². The summed E-state index contributed by atoms with van der Waals surface area (Å²) in [6, 6.07) is 10.1. The molecule has 0 aliphatic carbocycles. The number of carbonyl (C=O) groups excluding carboxylic acids is 2. The van der Waals surface area contributed by atoms with Crippen molar-refractivity contribution in [3.8, 4) is 0 Å². The molecule has 7 heteroatoms. The van der Waals surface area contributed by atoms with Crippen LogP contribution in [0.25, 0.3) is 0 Å². The van der Waals surface area contributed by atoms with E-state index >= 15 is 0 Å². The van der Waals surface area contributed by atoms with E-state index in [1.165, 1.54) is 5.56 Å². The number of aryl methyl sites for hydroxylation is 2. The summed E-state index contributed by atoms with van der Waals surface area (Å²) in [5.41, 5.74) is 1.27. The van der Waals surface area contributed by atoms with E-state index in [9.17, 15) is 9.59 Å². The Balaban J connectivity index is 1.51. The van der Waals surface area contributed by atoms with Gasteiger partial charge in [0, 0.05) is 45.0 Å². The van der Waals surface area contributed by atoms with Crippen LogP contribution >= 0.6 is 0 Å². The minimum Gasteiger partial charge on any atom is -0.354 e. The highest BCUT2D eigenvalue weighted by Gasteiger charge is 2.18. The SMILES string of the molecule is O=C1CCN(C(=O)NCc2nccn2CCc2ccccc2)CCN1. The quantitative estimate of drug-likeness (QED) is 0.856. The number of benzene rings is 1. The molecule has 132 valence electrons. The van der Waals surface area contributed by atoms with Crippen LogP contribution in [0.15, 0.2) is 42.7 Å². The standard InChI is InChI=1S/C18H23N5O2/c24-17-7-11-23(13-9-20-17)18(25)21-14-16-19-8-12-22(16)10-6-15-4-2-1-3-5-15/h1-5,8,12H,6-7,9-11,13-14H2,(H,20,24)(H,21,25). The molecular weight excluding hydrogens is 318 g/mol. The summed E-state index contributed by atoms with van der Waals surface area (Å²) >= 11 is 0. The fraction of sp³-hybridized carbons (Fsp3) is 0.389. The molecule has 2 N–H and O–H groups in total. The van der Waals surface area contributed by atoms with E-state index in [0.29, 0.717) is 32.6 Å². The van der Waals surface area contributed by atoms with Gasteiger partial charge in [-0.05, 0) is 12.0 Å². The largest absolute Gasteiger partial charge is 0.354 e. The Bertz CT molecular complexity index is 713. The van der Waals surface area contributed by atoms with Gasteiger partial charge in [0.05, 0.1) is 6.54 Å². The van der Waals surface area contributed by atoms with E-state index in [0.717, 1.165) is 18.8 Å². The molecule has 0 saturated carbocycles. The minimum atomic E-state index is -0.158. The third-order valence-electron chi connectivity index (χ3n) is 4.28. The highest BCUT2D eigenvalue weighted by molar-refractivity contribution is 5.79. The first-order valence-corrected chi connectivity index (χ1v) is 8.56. The third kappa shape index (κ3) is 4.82. The lowest BCUT2D eigenvalue weighted by Gasteiger charge is -2.20. The van der Waals surface area contributed by atoms with Crippen molar-refractivity contribution in [1.82, 2.24) is 25.1 Å². The second-order valence-electron chi connectivity index (χ2n) is 6.02. The van der Waals surface area contributed by atoms with Crippen molar-refractivity contribution in [3.05, 3.63) is 54.1 Å². The van der Waals surface area contributed by atoms with E-state index in [1.54, 1.807) is 11.1 Å². The molecular formula is C18H23N5O2. The molecule has 0 radical (unpaired) electrons. The van der Waals surface area contributed by atoms with Crippen LogP contribution in [0.1, 0.15) is 17.8 Å². The maximum Gasteiger partial charge on any atom is 0.317 e. The van der Waals surface area contributed by atoms with Gasteiger partial charge < -0.3 is 20.1 Å². The molecule has 7 nitrogen and oxygen atoms in total. The molecule has 2 aromatic rings. The minimum absolute atomic E-state index is 0.00763. The molecule has 0 spiro atoms. The summed E-state index contributed by atoms with van der Waals surface area (Å²) in [5.74, 6) is 0.819. The second kappa shape index (κ2) is 8.32. The molecule has 3 amide bonds. The van der Waals surface area contributed by atoms with Crippen LogP contribution in [0.4, 0.5) is 4.79 Å². The second-order valence-corrected chi connectivity index (χ2v) is 6.02. The van der Waals surface area contributed by atoms with Crippen LogP contribution in [0.5, 0.6) is 0 Å². The number of nitrogens with zero attached hydrogens (tertiary/aromatic N) is 3. The summed E-state index contributed by atoms with van der Waals surface area (Å²) in [6.07, 6.45) is 4.94. The van der Waals surface area contributed by atoms with Gasteiger partial charge in [0.25, 0.3) is 0 Å². The lowest BCUT2D eigenvalue weighted by molar-refractivity contribution is -0.120. The molecule has 1 aromatic carbocycles. The monoisotopic (exact) mass is 341 g/mol. The Morgan fingerprint density at radius 3 is 2.92 bits per heavy atom. The number of aromatic nitrogens is 2. The topological polar surface area (TPSA) is 79.3 Å².